The van der Waals surface area contributed by atoms with Crippen LogP contribution in [0.4, 0.5) is 16.2 Å². The zero-order chi connectivity index (χ0) is 28.5. The zero-order valence-electron chi connectivity index (χ0n) is 22.7. The van der Waals surface area contributed by atoms with Crippen LogP contribution in [0.25, 0.3) is 17.0 Å². The molecule has 0 saturated heterocycles. The smallest absolute Gasteiger partial charge is 0.323 e. The third kappa shape index (κ3) is 4.94. The third-order valence-corrected chi connectivity index (χ3v) is 7.65. The zero-order valence-corrected chi connectivity index (χ0v) is 22.7. The highest BCUT2D eigenvalue weighted by Gasteiger charge is 2.34. The Kier molecular flexibility index (Phi) is 6.56. The van der Waals surface area contributed by atoms with Crippen molar-refractivity contribution < 1.29 is 19.1 Å². The standard InChI is InChI=1S/C34H28N4O4/c39-31(17-12-22-10-14-25(15-11-22)36-34(40)35-24-6-2-1-3-7-24)38-19-18-27-26-8-4-5-9-28(26)37-32(27)33(38)23-13-16-29-30(20-23)42-21-41-29/h1-17,20,33,37H,18-19,21H2,(H2,35,36,40). The summed E-state index contributed by atoms with van der Waals surface area (Å²) >= 11 is 0. The van der Waals surface area contributed by atoms with Crippen LogP contribution in [-0.4, -0.2) is 35.2 Å². The van der Waals surface area contributed by atoms with Crippen LogP contribution < -0.4 is 20.1 Å². The number of carbonyl (C=O) groups is 2. The van der Waals surface area contributed by atoms with Gasteiger partial charge in [0.15, 0.2) is 11.5 Å². The molecule has 208 valence electrons. The fraction of sp³-hybridized carbons (Fsp3) is 0.118. The number of nitrogens with one attached hydrogen (secondary N) is 3. The highest BCUT2D eigenvalue weighted by Crippen LogP contribution is 2.42. The van der Waals surface area contributed by atoms with Gasteiger partial charge in [-0.1, -0.05) is 54.6 Å². The summed E-state index contributed by atoms with van der Waals surface area (Å²) in [6.45, 7) is 0.773. The highest BCUT2D eigenvalue weighted by atomic mass is 16.7. The number of H-pyrrole nitrogens is 1. The van der Waals surface area contributed by atoms with Crippen molar-refractivity contribution >= 4 is 40.3 Å². The van der Waals surface area contributed by atoms with Gasteiger partial charge in [-0.25, -0.2) is 4.79 Å². The molecular weight excluding hydrogens is 528 g/mol. The summed E-state index contributed by atoms with van der Waals surface area (Å²) in [4.78, 5) is 31.5. The molecule has 0 fully saturated rings. The molecule has 0 radical (unpaired) electrons. The quantitative estimate of drug-likeness (QED) is 0.209. The van der Waals surface area contributed by atoms with Crippen molar-refractivity contribution in [1.82, 2.24) is 9.88 Å². The van der Waals surface area contributed by atoms with Crippen LogP contribution in [0, 0.1) is 0 Å². The monoisotopic (exact) mass is 556 g/mol. The topological polar surface area (TPSA) is 95.7 Å². The Labute approximate surface area is 242 Å². The number of hydrogen-bond donors (Lipinski definition) is 3. The predicted octanol–water partition coefficient (Wildman–Crippen LogP) is 6.73. The molecule has 8 nitrogen and oxygen atoms in total. The van der Waals surface area contributed by atoms with Crippen molar-refractivity contribution in [1.29, 1.82) is 0 Å². The van der Waals surface area contributed by atoms with Gasteiger partial charge in [0.05, 0.1) is 6.04 Å². The van der Waals surface area contributed by atoms with Gasteiger partial charge >= 0.3 is 6.03 Å². The molecule has 0 spiro atoms. The first-order valence-corrected chi connectivity index (χ1v) is 13.8. The molecule has 2 aliphatic heterocycles. The molecule has 3 amide bonds. The maximum absolute atomic E-state index is 13.7. The molecule has 3 N–H and O–H groups in total. The molecule has 1 aromatic heterocycles. The fourth-order valence-corrected chi connectivity index (χ4v) is 5.66. The van der Waals surface area contributed by atoms with E-state index >= 15 is 0 Å². The van der Waals surface area contributed by atoms with Gasteiger partial charge in [-0.3, -0.25) is 4.79 Å². The number of benzene rings is 4. The maximum atomic E-state index is 13.7. The Morgan fingerprint density at radius 1 is 0.833 bits per heavy atom. The first-order valence-electron chi connectivity index (χ1n) is 13.8. The van der Waals surface area contributed by atoms with E-state index in [2.05, 4.69) is 27.8 Å². The lowest BCUT2D eigenvalue weighted by Crippen LogP contribution is -2.39. The highest BCUT2D eigenvalue weighted by molar-refractivity contribution is 6.00. The minimum atomic E-state index is -0.323. The number of para-hydroxylation sites is 2. The first-order chi connectivity index (χ1) is 20.6. The number of fused-ring (bicyclic) bond motifs is 4. The Hall–Kier alpha value is -5.50. The second-order valence-electron chi connectivity index (χ2n) is 10.3. The lowest BCUT2D eigenvalue weighted by Gasteiger charge is -2.35. The number of urea groups is 1. The van der Waals surface area contributed by atoms with Gasteiger partial charge in [0.2, 0.25) is 12.7 Å². The summed E-state index contributed by atoms with van der Waals surface area (Å²) in [6.07, 6.45) is 4.16. The van der Waals surface area contributed by atoms with Crippen LogP contribution in [-0.2, 0) is 11.2 Å². The molecule has 3 heterocycles. The SMILES string of the molecule is O=C(Nc1ccccc1)Nc1ccc(C=CC(=O)N2CCc3c([nH]c4ccccc34)C2c2ccc3c(c2)OCO3)cc1. The van der Waals surface area contributed by atoms with E-state index in [-0.39, 0.29) is 24.8 Å². The van der Waals surface area contributed by atoms with Crippen LogP contribution >= 0.6 is 0 Å². The molecule has 0 bridgehead atoms. The number of aromatic nitrogens is 1. The lowest BCUT2D eigenvalue weighted by atomic mass is 9.92. The fourth-order valence-electron chi connectivity index (χ4n) is 5.66. The van der Waals surface area contributed by atoms with Gasteiger partial charge in [0.25, 0.3) is 0 Å². The predicted molar refractivity (Wildman–Crippen MR) is 163 cm³/mol. The van der Waals surface area contributed by atoms with Gasteiger partial charge in [-0.15, -0.1) is 0 Å². The summed E-state index contributed by atoms with van der Waals surface area (Å²) in [7, 11) is 0. The van der Waals surface area contributed by atoms with E-state index in [0.717, 1.165) is 28.8 Å². The molecule has 1 atom stereocenters. The normalized spacial score (nSPS) is 15.5. The van der Waals surface area contributed by atoms with Crippen LogP contribution in [0.15, 0.2) is 103 Å². The van der Waals surface area contributed by atoms with E-state index in [4.69, 9.17) is 9.47 Å². The third-order valence-electron chi connectivity index (χ3n) is 7.65. The van der Waals surface area contributed by atoms with E-state index in [1.54, 1.807) is 12.2 Å². The number of amides is 3. The molecule has 0 saturated carbocycles. The van der Waals surface area contributed by atoms with E-state index in [9.17, 15) is 9.59 Å². The molecule has 1 unspecified atom stereocenters. The van der Waals surface area contributed by atoms with Crippen molar-refractivity contribution in [2.45, 2.75) is 12.5 Å². The molecule has 42 heavy (non-hydrogen) atoms. The minimum absolute atomic E-state index is 0.0913. The molecule has 2 aliphatic rings. The number of rotatable bonds is 5. The van der Waals surface area contributed by atoms with E-state index < -0.39 is 0 Å². The average molecular weight is 557 g/mol. The maximum Gasteiger partial charge on any atom is 0.323 e. The number of anilines is 2. The summed E-state index contributed by atoms with van der Waals surface area (Å²) in [5.74, 6) is 1.30. The van der Waals surface area contributed by atoms with Crippen molar-refractivity contribution in [2.24, 2.45) is 0 Å². The Balaban J connectivity index is 1.11. The van der Waals surface area contributed by atoms with Crippen molar-refractivity contribution in [2.75, 3.05) is 24.0 Å². The summed E-state index contributed by atoms with van der Waals surface area (Å²) in [5, 5.41) is 6.81. The number of aromatic amines is 1. The second kappa shape index (κ2) is 10.8. The van der Waals surface area contributed by atoms with E-state index in [1.807, 2.05) is 89.8 Å². The van der Waals surface area contributed by atoms with Gasteiger partial charge in [0, 0.05) is 40.6 Å². The average Bonchev–Trinajstić information content (AvgIpc) is 3.65. The molecular formula is C34H28N4O4. The first kappa shape index (κ1) is 25.5. The van der Waals surface area contributed by atoms with Gasteiger partial charge in [-0.2, -0.15) is 0 Å². The Morgan fingerprint density at radius 2 is 1.57 bits per heavy atom. The lowest BCUT2D eigenvalue weighted by molar-refractivity contribution is -0.128. The van der Waals surface area contributed by atoms with Crippen LogP contribution in [0.2, 0.25) is 0 Å². The van der Waals surface area contributed by atoms with E-state index in [0.29, 0.717) is 29.4 Å². The molecule has 5 aromatic rings. The van der Waals surface area contributed by atoms with Gasteiger partial charge < -0.3 is 30.0 Å². The molecule has 8 heteroatoms. The largest absolute Gasteiger partial charge is 0.454 e. The summed E-state index contributed by atoms with van der Waals surface area (Å²) in [6, 6.07) is 30.1. The second-order valence-corrected chi connectivity index (χ2v) is 10.3. The van der Waals surface area contributed by atoms with Gasteiger partial charge in [0.1, 0.15) is 0 Å². The van der Waals surface area contributed by atoms with Crippen LogP contribution in [0.3, 0.4) is 0 Å². The molecule has 7 rings (SSSR count). The van der Waals surface area contributed by atoms with E-state index in [1.165, 1.54) is 10.9 Å². The Morgan fingerprint density at radius 3 is 2.40 bits per heavy atom. The van der Waals surface area contributed by atoms with Crippen molar-refractivity contribution in [3.8, 4) is 11.5 Å². The molecule has 0 aliphatic carbocycles. The molecule has 4 aromatic carbocycles. The summed E-state index contributed by atoms with van der Waals surface area (Å²) < 4.78 is 11.2. The minimum Gasteiger partial charge on any atom is -0.454 e. The van der Waals surface area contributed by atoms with Crippen molar-refractivity contribution in [3.63, 3.8) is 0 Å². The van der Waals surface area contributed by atoms with Gasteiger partial charge in [-0.05, 0) is 71.7 Å². The van der Waals surface area contributed by atoms with Crippen LogP contribution in [0.1, 0.15) is 28.4 Å². The Bertz CT molecular complexity index is 1810. The number of carbonyl (C=O) groups excluding carboxylic acids is 2. The van der Waals surface area contributed by atoms with Crippen molar-refractivity contribution in [3.05, 3.63) is 126 Å². The van der Waals surface area contributed by atoms with Crippen LogP contribution in [0.5, 0.6) is 11.5 Å². The number of hydrogen-bond acceptors (Lipinski definition) is 4. The summed E-state index contributed by atoms with van der Waals surface area (Å²) in [5.41, 5.74) is 6.48. The number of nitrogens with zero attached hydrogens (tertiary/aromatic N) is 1. The number of ether oxygens (including phenoxy) is 2.